The Morgan fingerprint density at radius 2 is 1.70 bits per heavy atom. The SMILES string of the molecule is CN=C(NCCN1CCOCC1)NCc1ccc(N2CCN(CC3CC3)CC2)cc1. The predicted octanol–water partition coefficient (Wildman–Crippen LogP) is 1.22. The van der Waals surface area contributed by atoms with Gasteiger partial charge in [-0.25, -0.2) is 0 Å². The van der Waals surface area contributed by atoms with Gasteiger partial charge in [0.05, 0.1) is 13.2 Å². The zero-order valence-electron chi connectivity index (χ0n) is 18.5. The van der Waals surface area contributed by atoms with Gasteiger partial charge in [-0.2, -0.15) is 0 Å². The standard InChI is InChI=1S/C23H38N6O/c1-24-23(25-8-9-27-14-16-30-17-15-27)26-18-20-4-6-22(7-5-20)29-12-10-28(11-13-29)19-21-2-3-21/h4-7,21H,2-3,8-19H2,1H3,(H2,24,25,26). The van der Waals surface area contributed by atoms with Crippen LogP contribution in [0.4, 0.5) is 5.69 Å². The highest BCUT2D eigenvalue weighted by Gasteiger charge is 2.26. The van der Waals surface area contributed by atoms with Crippen LogP contribution in [0.1, 0.15) is 18.4 Å². The van der Waals surface area contributed by atoms with Crippen LogP contribution in [-0.4, -0.2) is 94.9 Å². The van der Waals surface area contributed by atoms with Gasteiger partial charge in [-0.3, -0.25) is 14.8 Å². The molecule has 1 aromatic carbocycles. The smallest absolute Gasteiger partial charge is 0.191 e. The van der Waals surface area contributed by atoms with Crippen LogP contribution >= 0.6 is 0 Å². The van der Waals surface area contributed by atoms with Crippen molar-refractivity contribution in [2.45, 2.75) is 19.4 Å². The van der Waals surface area contributed by atoms with Gasteiger partial charge in [0.2, 0.25) is 0 Å². The second kappa shape index (κ2) is 11.0. The molecule has 0 radical (unpaired) electrons. The van der Waals surface area contributed by atoms with Crippen LogP contribution in [0.15, 0.2) is 29.3 Å². The molecule has 0 atom stereocenters. The van der Waals surface area contributed by atoms with Gasteiger partial charge < -0.3 is 20.3 Å². The first-order valence-corrected chi connectivity index (χ1v) is 11.6. The van der Waals surface area contributed by atoms with Gasteiger partial charge in [-0.05, 0) is 36.5 Å². The number of aliphatic imine (C=N–C) groups is 1. The lowest BCUT2D eigenvalue weighted by Crippen LogP contribution is -2.47. The van der Waals surface area contributed by atoms with Crippen LogP contribution in [0.3, 0.4) is 0 Å². The maximum absolute atomic E-state index is 5.40. The average molecular weight is 415 g/mol. The van der Waals surface area contributed by atoms with Crippen molar-refractivity contribution in [1.82, 2.24) is 20.4 Å². The molecule has 1 aliphatic carbocycles. The lowest BCUT2D eigenvalue weighted by Gasteiger charge is -2.36. The molecule has 2 N–H and O–H groups in total. The van der Waals surface area contributed by atoms with E-state index in [0.717, 1.165) is 70.9 Å². The summed E-state index contributed by atoms with van der Waals surface area (Å²) in [6, 6.07) is 9.00. The quantitative estimate of drug-likeness (QED) is 0.493. The predicted molar refractivity (Wildman–Crippen MR) is 123 cm³/mol. The Balaban J connectivity index is 1.15. The molecule has 2 heterocycles. The molecule has 2 aliphatic heterocycles. The van der Waals surface area contributed by atoms with E-state index < -0.39 is 0 Å². The van der Waals surface area contributed by atoms with Crippen molar-refractivity contribution in [3.8, 4) is 0 Å². The molecule has 1 saturated carbocycles. The minimum absolute atomic E-state index is 0.784. The molecule has 1 aromatic rings. The molecule has 0 amide bonds. The van der Waals surface area contributed by atoms with Crippen molar-refractivity contribution >= 4 is 11.6 Å². The number of nitrogens with zero attached hydrogens (tertiary/aromatic N) is 4. The molecule has 0 bridgehead atoms. The average Bonchev–Trinajstić information content (AvgIpc) is 3.62. The molecule has 3 aliphatic rings. The van der Waals surface area contributed by atoms with Crippen LogP contribution in [0.2, 0.25) is 0 Å². The van der Waals surface area contributed by atoms with E-state index >= 15 is 0 Å². The van der Waals surface area contributed by atoms with Crippen molar-refractivity contribution in [2.75, 3.05) is 84.1 Å². The summed E-state index contributed by atoms with van der Waals surface area (Å²) in [7, 11) is 1.83. The van der Waals surface area contributed by atoms with Crippen molar-refractivity contribution in [1.29, 1.82) is 0 Å². The number of benzene rings is 1. The first-order chi connectivity index (χ1) is 14.8. The molecule has 2 saturated heterocycles. The zero-order valence-corrected chi connectivity index (χ0v) is 18.5. The number of anilines is 1. The second-order valence-corrected chi connectivity index (χ2v) is 8.70. The first kappa shape index (κ1) is 21.4. The first-order valence-electron chi connectivity index (χ1n) is 11.6. The van der Waals surface area contributed by atoms with E-state index in [9.17, 15) is 0 Å². The summed E-state index contributed by atoms with van der Waals surface area (Å²) < 4.78 is 5.40. The molecule has 166 valence electrons. The Morgan fingerprint density at radius 1 is 0.967 bits per heavy atom. The minimum Gasteiger partial charge on any atom is -0.379 e. The van der Waals surface area contributed by atoms with Gasteiger partial charge in [0.25, 0.3) is 0 Å². The van der Waals surface area contributed by atoms with Gasteiger partial charge in [-0.1, -0.05) is 12.1 Å². The summed E-state index contributed by atoms with van der Waals surface area (Å²) >= 11 is 0. The highest BCUT2D eigenvalue weighted by Crippen LogP contribution is 2.30. The van der Waals surface area contributed by atoms with E-state index in [-0.39, 0.29) is 0 Å². The number of hydrogen-bond acceptors (Lipinski definition) is 5. The molecule has 0 spiro atoms. The maximum atomic E-state index is 5.40. The highest BCUT2D eigenvalue weighted by atomic mass is 16.5. The third kappa shape index (κ3) is 6.59. The number of guanidine groups is 1. The third-order valence-electron chi connectivity index (χ3n) is 6.39. The van der Waals surface area contributed by atoms with E-state index in [2.05, 4.69) is 54.6 Å². The number of nitrogens with one attached hydrogen (secondary N) is 2. The molecule has 7 heteroatoms. The summed E-state index contributed by atoms with van der Waals surface area (Å²) in [5.41, 5.74) is 2.63. The lowest BCUT2D eigenvalue weighted by molar-refractivity contribution is 0.0389. The Kier molecular flexibility index (Phi) is 7.83. The summed E-state index contributed by atoms with van der Waals surface area (Å²) in [6.07, 6.45) is 2.90. The van der Waals surface area contributed by atoms with E-state index in [1.165, 1.54) is 43.7 Å². The summed E-state index contributed by atoms with van der Waals surface area (Å²) in [5, 5.41) is 6.84. The van der Waals surface area contributed by atoms with Gasteiger partial charge in [0, 0.05) is 78.2 Å². The van der Waals surface area contributed by atoms with Crippen LogP contribution in [-0.2, 0) is 11.3 Å². The topological polar surface area (TPSA) is 55.4 Å². The molecule has 30 heavy (non-hydrogen) atoms. The third-order valence-corrected chi connectivity index (χ3v) is 6.39. The van der Waals surface area contributed by atoms with Crippen LogP contribution in [0.25, 0.3) is 0 Å². The largest absolute Gasteiger partial charge is 0.379 e. The Labute approximate surface area is 181 Å². The number of morpholine rings is 1. The van der Waals surface area contributed by atoms with Crippen LogP contribution in [0.5, 0.6) is 0 Å². The molecule has 3 fully saturated rings. The summed E-state index contributed by atoms with van der Waals surface area (Å²) in [5.74, 6) is 1.85. The number of hydrogen-bond donors (Lipinski definition) is 2. The Hall–Kier alpha value is -1.83. The van der Waals surface area contributed by atoms with E-state index in [1.807, 2.05) is 7.05 Å². The highest BCUT2D eigenvalue weighted by molar-refractivity contribution is 5.79. The monoisotopic (exact) mass is 414 g/mol. The van der Waals surface area contributed by atoms with Gasteiger partial charge >= 0.3 is 0 Å². The fourth-order valence-corrected chi connectivity index (χ4v) is 4.24. The van der Waals surface area contributed by atoms with E-state index in [1.54, 1.807) is 0 Å². The summed E-state index contributed by atoms with van der Waals surface area (Å²) in [6.45, 7) is 12.4. The second-order valence-electron chi connectivity index (χ2n) is 8.70. The maximum Gasteiger partial charge on any atom is 0.191 e. The fourth-order valence-electron chi connectivity index (χ4n) is 4.24. The number of rotatable bonds is 8. The molecule has 7 nitrogen and oxygen atoms in total. The lowest BCUT2D eigenvalue weighted by atomic mass is 10.1. The molecule has 4 rings (SSSR count). The van der Waals surface area contributed by atoms with Crippen molar-refractivity contribution in [3.05, 3.63) is 29.8 Å². The van der Waals surface area contributed by atoms with Crippen LogP contribution in [0, 0.1) is 5.92 Å². The van der Waals surface area contributed by atoms with E-state index in [0.29, 0.717) is 0 Å². The zero-order chi connectivity index (χ0) is 20.6. The molecule has 0 unspecified atom stereocenters. The molecular formula is C23H38N6O. The normalized spacial score (nSPS) is 21.6. The van der Waals surface area contributed by atoms with Gasteiger partial charge in [-0.15, -0.1) is 0 Å². The van der Waals surface area contributed by atoms with E-state index in [4.69, 9.17) is 4.74 Å². The summed E-state index contributed by atoms with van der Waals surface area (Å²) in [4.78, 5) is 11.9. The Morgan fingerprint density at radius 3 is 2.37 bits per heavy atom. The van der Waals surface area contributed by atoms with Gasteiger partial charge in [0.15, 0.2) is 5.96 Å². The molecular weight excluding hydrogens is 376 g/mol. The Bertz CT molecular complexity index is 661. The minimum atomic E-state index is 0.784. The molecule has 0 aromatic heterocycles. The van der Waals surface area contributed by atoms with Gasteiger partial charge in [0.1, 0.15) is 0 Å². The van der Waals surface area contributed by atoms with Crippen molar-refractivity contribution in [2.24, 2.45) is 10.9 Å². The number of ether oxygens (including phenoxy) is 1. The van der Waals surface area contributed by atoms with Crippen LogP contribution < -0.4 is 15.5 Å². The van der Waals surface area contributed by atoms with Crippen molar-refractivity contribution in [3.63, 3.8) is 0 Å². The van der Waals surface area contributed by atoms with Crippen molar-refractivity contribution < 1.29 is 4.74 Å². The fraction of sp³-hybridized carbons (Fsp3) is 0.696. The number of piperazine rings is 1.